The number of likely N-dealkylation sites (tertiary alicyclic amines) is 1. The molecule has 2 rings (SSSR count). The summed E-state index contributed by atoms with van der Waals surface area (Å²) in [7, 11) is 2.13. The molecular weight excluding hydrogens is 228 g/mol. The number of hydrogen-bond acceptors (Lipinski definition) is 5. The van der Waals surface area contributed by atoms with Gasteiger partial charge in [0.15, 0.2) is 0 Å². The molecular formula is C13H22N4O. The topological polar surface area (TPSA) is 64.3 Å². The summed E-state index contributed by atoms with van der Waals surface area (Å²) >= 11 is 0. The lowest BCUT2D eigenvalue weighted by atomic mass is 10.1. The number of ether oxygens (including phenoxy) is 1. The molecule has 0 amide bonds. The number of hydrogen-bond donors (Lipinski definition) is 1. The van der Waals surface area contributed by atoms with Gasteiger partial charge in [-0.15, -0.1) is 0 Å². The van der Waals surface area contributed by atoms with Gasteiger partial charge in [-0.05, 0) is 19.9 Å². The lowest BCUT2D eigenvalue weighted by Crippen LogP contribution is -2.35. The van der Waals surface area contributed by atoms with Crippen LogP contribution in [0.1, 0.15) is 38.4 Å². The first-order chi connectivity index (χ1) is 8.54. The molecule has 1 aromatic heterocycles. The highest BCUT2D eigenvalue weighted by Gasteiger charge is 2.19. The highest BCUT2D eigenvalue weighted by Crippen LogP contribution is 2.20. The van der Waals surface area contributed by atoms with E-state index in [0.717, 1.165) is 31.8 Å². The van der Waals surface area contributed by atoms with Crippen molar-refractivity contribution in [3.8, 4) is 5.88 Å². The zero-order valence-corrected chi connectivity index (χ0v) is 11.4. The Balaban J connectivity index is 2.04. The maximum Gasteiger partial charge on any atom is 0.219 e. The van der Waals surface area contributed by atoms with Crippen LogP contribution in [0.25, 0.3) is 0 Å². The van der Waals surface area contributed by atoms with Crippen molar-refractivity contribution < 1.29 is 4.74 Å². The minimum Gasteiger partial charge on any atom is -0.474 e. The Labute approximate surface area is 108 Å². The van der Waals surface area contributed by atoms with E-state index >= 15 is 0 Å². The first kappa shape index (κ1) is 13.1. The van der Waals surface area contributed by atoms with Crippen molar-refractivity contribution in [2.24, 2.45) is 0 Å². The third-order valence-corrected chi connectivity index (χ3v) is 3.21. The van der Waals surface area contributed by atoms with Gasteiger partial charge in [0, 0.05) is 25.1 Å². The van der Waals surface area contributed by atoms with E-state index in [0.29, 0.717) is 11.7 Å². The van der Waals surface area contributed by atoms with E-state index < -0.39 is 0 Å². The highest BCUT2D eigenvalue weighted by atomic mass is 16.5. The largest absolute Gasteiger partial charge is 0.474 e. The number of rotatable bonds is 3. The van der Waals surface area contributed by atoms with Gasteiger partial charge in [0.1, 0.15) is 17.7 Å². The fourth-order valence-electron chi connectivity index (χ4n) is 2.05. The molecule has 1 aromatic rings. The molecule has 0 unspecified atom stereocenters. The summed E-state index contributed by atoms with van der Waals surface area (Å²) in [6.45, 7) is 6.24. The zero-order valence-electron chi connectivity index (χ0n) is 11.4. The SMILES string of the molecule is CC(C)c1nc(N)cc(OC2CCN(C)CC2)n1. The van der Waals surface area contributed by atoms with Crippen LogP contribution in [0.4, 0.5) is 5.82 Å². The summed E-state index contributed by atoms with van der Waals surface area (Å²) in [6.07, 6.45) is 2.32. The first-order valence-electron chi connectivity index (χ1n) is 6.54. The number of nitrogens with two attached hydrogens (primary N) is 1. The van der Waals surface area contributed by atoms with Crippen molar-refractivity contribution in [1.29, 1.82) is 0 Å². The van der Waals surface area contributed by atoms with Crippen molar-refractivity contribution in [2.45, 2.75) is 38.7 Å². The number of piperidine rings is 1. The molecule has 2 N–H and O–H groups in total. The number of aromatic nitrogens is 2. The molecule has 5 heteroatoms. The van der Waals surface area contributed by atoms with Crippen LogP contribution < -0.4 is 10.5 Å². The molecule has 0 spiro atoms. The second kappa shape index (κ2) is 5.52. The van der Waals surface area contributed by atoms with Gasteiger partial charge in [0.25, 0.3) is 0 Å². The monoisotopic (exact) mass is 250 g/mol. The predicted octanol–water partition coefficient (Wildman–Crippen LogP) is 1.66. The third kappa shape index (κ3) is 3.32. The quantitative estimate of drug-likeness (QED) is 0.883. The van der Waals surface area contributed by atoms with Crippen molar-refractivity contribution >= 4 is 5.82 Å². The molecule has 1 fully saturated rings. The molecule has 1 aliphatic rings. The average Bonchev–Trinajstić information content (AvgIpc) is 2.31. The molecule has 0 radical (unpaired) electrons. The van der Waals surface area contributed by atoms with Crippen LogP contribution in [0.2, 0.25) is 0 Å². The molecule has 0 aliphatic carbocycles. The van der Waals surface area contributed by atoms with E-state index in [1.54, 1.807) is 6.07 Å². The second-order valence-corrected chi connectivity index (χ2v) is 5.26. The van der Waals surface area contributed by atoms with E-state index in [2.05, 4.69) is 21.9 Å². The van der Waals surface area contributed by atoms with Gasteiger partial charge in [0.05, 0.1) is 0 Å². The Morgan fingerprint density at radius 1 is 1.33 bits per heavy atom. The predicted molar refractivity (Wildman–Crippen MR) is 71.7 cm³/mol. The Bertz CT molecular complexity index is 400. The smallest absolute Gasteiger partial charge is 0.219 e. The molecule has 0 aromatic carbocycles. The summed E-state index contributed by atoms with van der Waals surface area (Å²) in [4.78, 5) is 10.9. The molecule has 0 atom stereocenters. The molecule has 0 saturated carbocycles. The van der Waals surface area contributed by atoms with E-state index in [4.69, 9.17) is 10.5 Å². The van der Waals surface area contributed by atoms with Gasteiger partial charge < -0.3 is 15.4 Å². The van der Waals surface area contributed by atoms with Gasteiger partial charge in [-0.25, -0.2) is 4.98 Å². The maximum atomic E-state index is 5.92. The van der Waals surface area contributed by atoms with Crippen LogP contribution in [0, 0.1) is 0 Å². The van der Waals surface area contributed by atoms with Crippen LogP contribution in [0.15, 0.2) is 6.07 Å². The van der Waals surface area contributed by atoms with Gasteiger partial charge in [-0.1, -0.05) is 13.8 Å². The van der Waals surface area contributed by atoms with Crippen molar-refractivity contribution in [3.05, 3.63) is 11.9 Å². The number of nitrogens with zero attached hydrogens (tertiary/aromatic N) is 3. The number of anilines is 1. The zero-order chi connectivity index (χ0) is 13.1. The maximum absolute atomic E-state index is 5.92. The first-order valence-corrected chi connectivity index (χ1v) is 6.54. The van der Waals surface area contributed by atoms with Crippen LogP contribution in [0.3, 0.4) is 0 Å². The molecule has 100 valence electrons. The molecule has 1 aliphatic heterocycles. The molecule has 0 bridgehead atoms. The Morgan fingerprint density at radius 2 is 2.00 bits per heavy atom. The van der Waals surface area contributed by atoms with Crippen molar-refractivity contribution in [1.82, 2.24) is 14.9 Å². The lowest BCUT2D eigenvalue weighted by molar-refractivity contribution is 0.109. The van der Waals surface area contributed by atoms with E-state index in [-0.39, 0.29) is 12.0 Å². The summed E-state index contributed by atoms with van der Waals surface area (Å²) in [5, 5.41) is 0. The van der Waals surface area contributed by atoms with Crippen molar-refractivity contribution in [2.75, 3.05) is 25.9 Å². The van der Waals surface area contributed by atoms with Crippen LogP contribution in [-0.4, -0.2) is 41.1 Å². The summed E-state index contributed by atoms with van der Waals surface area (Å²) in [6, 6.07) is 1.71. The van der Waals surface area contributed by atoms with Gasteiger partial charge >= 0.3 is 0 Å². The Morgan fingerprint density at radius 3 is 2.61 bits per heavy atom. The van der Waals surface area contributed by atoms with Gasteiger partial charge in [-0.3, -0.25) is 0 Å². The standard InChI is InChI=1S/C13H22N4O/c1-9(2)13-15-11(14)8-12(16-13)18-10-4-6-17(3)7-5-10/h8-10H,4-7H2,1-3H3,(H2,14,15,16). The van der Waals surface area contributed by atoms with Crippen molar-refractivity contribution in [3.63, 3.8) is 0 Å². The van der Waals surface area contributed by atoms with Crippen LogP contribution >= 0.6 is 0 Å². The fourth-order valence-corrected chi connectivity index (χ4v) is 2.05. The minimum atomic E-state index is 0.246. The summed E-state index contributed by atoms with van der Waals surface area (Å²) in [5.41, 5.74) is 5.79. The minimum absolute atomic E-state index is 0.246. The summed E-state index contributed by atoms with van der Waals surface area (Å²) in [5.74, 6) is 2.10. The van der Waals surface area contributed by atoms with Crippen LogP contribution in [-0.2, 0) is 0 Å². The fraction of sp³-hybridized carbons (Fsp3) is 0.692. The van der Waals surface area contributed by atoms with Gasteiger partial charge in [0.2, 0.25) is 5.88 Å². The lowest BCUT2D eigenvalue weighted by Gasteiger charge is -2.29. The molecule has 2 heterocycles. The third-order valence-electron chi connectivity index (χ3n) is 3.21. The average molecular weight is 250 g/mol. The summed E-state index contributed by atoms with van der Waals surface area (Å²) < 4.78 is 5.92. The van der Waals surface area contributed by atoms with Crippen LogP contribution in [0.5, 0.6) is 5.88 Å². The van der Waals surface area contributed by atoms with E-state index in [1.165, 1.54) is 0 Å². The second-order valence-electron chi connectivity index (χ2n) is 5.26. The number of nitrogen functional groups attached to an aromatic ring is 1. The highest BCUT2D eigenvalue weighted by molar-refractivity contribution is 5.33. The Kier molecular flexibility index (Phi) is 4.01. The van der Waals surface area contributed by atoms with E-state index in [9.17, 15) is 0 Å². The molecule has 1 saturated heterocycles. The van der Waals surface area contributed by atoms with Gasteiger partial charge in [-0.2, -0.15) is 4.98 Å². The van der Waals surface area contributed by atoms with E-state index in [1.807, 2.05) is 13.8 Å². The molecule has 5 nitrogen and oxygen atoms in total. The normalized spacial score (nSPS) is 18.2. The molecule has 18 heavy (non-hydrogen) atoms. The Hall–Kier alpha value is -1.36.